The Balaban J connectivity index is 2.54. The van der Waals surface area contributed by atoms with Crippen molar-refractivity contribution in [1.82, 2.24) is 0 Å². The molecule has 2 N–H and O–H groups in total. The standard InChI is InChI=1S/C11H15FO2/c1-11(14,8-13)6-5-9-3-2-4-10(12)7-9/h2-4,7,13-14H,5-6,8H2,1H3. The van der Waals surface area contributed by atoms with Crippen LogP contribution in [0.4, 0.5) is 4.39 Å². The number of aryl methyl sites for hydroxylation is 1. The van der Waals surface area contributed by atoms with Crippen LogP contribution in [0.5, 0.6) is 0 Å². The molecule has 0 radical (unpaired) electrons. The Kier molecular flexibility index (Phi) is 3.61. The van der Waals surface area contributed by atoms with E-state index in [1.54, 1.807) is 19.1 Å². The number of halogens is 1. The molecule has 0 spiro atoms. The van der Waals surface area contributed by atoms with Gasteiger partial charge in [-0.25, -0.2) is 4.39 Å². The van der Waals surface area contributed by atoms with Crippen LogP contribution in [0.2, 0.25) is 0 Å². The van der Waals surface area contributed by atoms with Crippen LogP contribution in [0.15, 0.2) is 24.3 Å². The summed E-state index contributed by atoms with van der Waals surface area (Å²) >= 11 is 0. The van der Waals surface area contributed by atoms with Crippen LogP contribution in [-0.2, 0) is 6.42 Å². The zero-order valence-corrected chi connectivity index (χ0v) is 8.20. The molecular formula is C11H15FO2. The summed E-state index contributed by atoms with van der Waals surface area (Å²) in [7, 11) is 0. The van der Waals surface area contributed by atoms with Crippen LogP contribution < -0.4 is 0 Å². The lowest BCUT2D eigenvalue weighted by atomic mass is 9.98. The average Bonchev–Trinajstić information content (AvgIpc) is 2.15. The lowest BCUT2D eigenvalue weighted by Crippen LogP contribution is -2.29. The Labute approximate surface area is 83.0 Å². The van der Waals surface area contributed by atoms with E-state index in [0.717, 1.165) is 5.56 Å². The molecule has 0 amide bonds. The fraction of sp³-hybridized carbons (Fsp3) is 0.455. The van der Waals surface area contributed by atoms with E-state index in [1.165, 1.54) is 12.1 Å². The van der Waals surface area contributed by atoms with Crippen LogP contribution >= 0.6 is 0 Å². The van der Waals surface area contributed by atoms with Gasteiger partial charge in [-0.1, -0.05) is 12.1 Å². The quantitative estimate of drug-likeness (QED) is 0.769. The summed E-state index contributed by atoms with van der Waals surface area (Å²) in [6, 6.07) is 6.26. The fourth-order valence-corrected chi connectivity index (χ4v) is 1.19. The number of aliphatic hydroxyl groups excluding tert-OH is 1. The molecule has 1 unspecified atom stereocenters. The van der Waals surface area contributed by atoms with Crippen molar-refractivity contribution in [3.63, 3.8) is 0 Å². The molecule has 1 atom stereocenters. The van der Waals surface area contributed by atoms with Gasteiger partial charge in [0, 0.05) is 0 Å². The van der Waals surface area contributed by atoms with Gasteiger partial charge in [0.2, 0.25) is 0 Å². The first kappa shape index (κ1) is 11.1. The van der Waals surface area contributed by atoms with E-state index in [4.69, 9.17) is 5.11 Å². The van der Waals surface area contributed by atoms with Gasteiger partial charge in [-0.05, 0) is 37.5 Å². The Morgan fingerprint density at radius 3 is 2.71 bits per heavy atom. The molecule has 0 saturated heterocycles. The van der Waals surface area contributed by atoms with Crippen molar-refractivity contribution in [3.8, 4) is 0 Å². The monoisotopic (exact) mass is 198 g/mol. The van der Waals surface area contributed by atoms with Crippen molar-refractivity contribution >= 4 is 0 Å². The third-order valence-electron chi connectivity index (χ3n) is 2.18. The highest BCUT2D eigenvalue weighted by Gasteiger charge is 2.18. The van der Waals surface area contributed by atoms with Crippen molar-refractivity contribution in [1.29, 1.82) is 0 Å². The average molecular weight is 198 g/mol. The lowest BCUT2D eigenvalue weighted by Gasteiger charge is -2.19. The summed E-state index contributed by atoms with van der Waals surface area (Å²) < 4.78 is 12.8. The van der Waals surface area contributed by atoms with Gasteiger partial charge in [-0.2, -0.15) is 0 Å². The summed E-state index contributed by atoms with van der Waals surface area (Å²) in [6.45, 7) is 1.29. The van der Waals surface area contributed by atoms with Gasteiger partial charge in [-0.15, -0.1) is 0 Å². The number of benzene rings is 1. The summed E-state index contributed by atoms with van der Waals surface area (Å²) in [5.41, 5.74) is -0.245. The van der Waals surface area contributed by atoms with Crippen LogP contribution in [0, 0.1) is 5.82 Å². The Morgan fingerprint density at radius 2 is 2.14 bits per heavy atom. The molecule has 1 aromatic rings. The number of hydrogen-bond acceptors (Lipinski definition) is 2. The van der Waals surface area contributed by atoms with Crippen LogP contribution in [0.3, 0.4) is 0 Å². The molecule has 0 aliphatic carbocycles. The van der Waals surface area contributed by atoms with Crippen molar-refractivity contribution < 1.29 is 14.6 Å². The van der Waals surface area contributed by atoms with E-state index < -0.39 is 5.60 Å². The normalized spacial score (nSPS) is 15.1. The van der Waals surface area contributed by atoms with Crippen LogP contribution in [0.1, 0.15) is 18.9 Å². The topological polar surface area (TPSA) is 40.5 Å². The highest BCUT2D eigenvalue weighted by atomic mass is 19.1. The van der Waals surface area contributed by atoms with Gasteiger partial charge in [0.15, 0.2) is 0 Å². The maximum Gasteiger partial charge on any atom is 0.123 e. The fourth-order valence-electron chi connectivity index (χ4n) is 1.19. The van der Waals surface area contributed by atoms with Crippen molar-refractivity contribution in [3.05, 3.63) is 35.6 Å². The van der Waals surface area contributed by atoms with Crippen molar-refractivity contribution in [2.45, 2.75) is 25.4 Å². The number of rotatable bonds is 4. The second-order valence-corrected chi connectivity index (χ2v) is 3.78. The molecule has 0 saturated carbocycles. The van der Waals surface area contributed by atoms with Crippen molar-refractivity contribution in [2.75, 3.05) is 6.61 Å². The maximum absolute atomic E-state index is 12.8. The second kappa shape index (κ2) is 4.53. The predicted octanol–water partition coefficient (Wildman–Crippen LogP) is 1.50. The minimum absolute atomic E-state index is 0.272. The van der Waals surface area contributed by atoms with E-state index in [9.17, 15) is 9.50 Å². The SMILES string of the molecule is CC(O)(CO)CCc1cccc(F)c1. The largest absolute Gasteiger partial charge is 0.393 e. The smallest absolute Gasteiger partial charge is 0.123 e. The molecule has 0 fully saturated rings. The first-order chi connectivity index (χ1) is 6.53. The summed E-state index contributed by atoms with van der Waals surface area (Å²) in [4.78, 5) is 0. The maximum atomic E-state index is 12.8. The molecule has 0 heterocycles. The van der Waals surface area contributed by atoms with E-state index in [0.29, 0.717) is 12.8 Å². The molecule has 3 heteroatoms. The molecule has 14 heavy (non-hydrogen) atoms. The third-order valence-corrected chi connectivity index (χ3v) is 2.18. The lowest BCUT2D eigenvalue weighted by molar-refractivity contribution is -0.00475. The van der Waals surface area contributed by atoms with E-state index in [2.05, 4.69) is 0 Å². The van der Waals surface area contributed by atoms with Gasteiger partial charge in [0.05, 0.1) is 12.2 Å². The predicted molar refractivity (Wildman–Crippen MR) is 52.4 cm³/mol. The molecule has 0 bridgehead atoms. The molecule has 78 valence electrons. The molecule has 0 aromatic heterocycles. The Morgan fingerprint density at radius 1 is 1.43 bits per heavy atom. The van der Waals surface area contributed by atoms with E-state index in [-0.39, 0.29) is 12.4 Å². The number of aliphatic hydroxyl groups is 2. The first-order valence-electron chi connectivity index (χ1n) is 4.61. The van der Waals surface area contributed by atoms with Gasteiger partial charge in [0.1, 0.15) is 5.82 Å². The van der Waals surface area contributed by atoms with Gasteiger partial charge < -0.3 is 10.2 Å². The van der Waals surface area contributed by atoms with E-state index >= 15 is 0 Å². The molecular weight excluding hydrogens is 183 g/mol. The van der Waals surface area contributed by atoms with Gasteiger partial charge in [-0.3, -0.25) is 0 Å². The Bertz CT molecular complexity index is 297. The van der Waals surface area contributed by atoms with Gasteiger partial charge in [0.25, 0.3) is 0 Å². The molecule has 0 aliphatic heterocycles. The molecule has 0 aliphatic rings. The van der Waals surface area contributed by atoms with Crippen LogP contribution in [0.25, 0.3) is 0 Å². The zero-order chi connectivity index (χ0) is 10.6. The highest BCUT2D eigenvalue weighted by Crippen LogP contribution is 2.13. The summed E-state index contributed by atoms with van der Waals surface area (Å²) in [5, 5.41) is 18.3. The van der Waals surface area contributed by atoms with E-state index in [1.807, 2.05) is 0 Å². The second-order valence-electron chi connectivity index (χ2n) is 3.78. The molecule has 2 nitrogen and oxygen atoms in total. The first-order valence-corrected chi connectivity index (χ1v) is 4.61. The third kappa shape index (κ3) is 3.44. The zero-order valence-electron chi connectivity index (χ0n) is 8.20. The minimum atomic E-state index is -1.08. The number of hydrogen-bond donors (Lipinski definition) is 2. The minimum Gasteiger partial charge on any atom is -0.393 e. The van der Waals surface area contributed by atoms with Crippen molar-refractivity contribution in [2.24, 2.45) is 0 Å². The van der Waals surface area contributed by atoms with Crippen LogP contribution in [-0.4, -0.2) is 22.4 Å². The van der Waals surface area contributed by atoms with Gasteiger partial charge >= 0.3 is 0 Å². The summed E-state index contributed by atoms with van der Waals surface area (Å²) in [6.07, 6.45) is 0.984. The highest BCUT2D eigenvalue weighted by molar-refractivity contribution is 5.16. The summed E-state index contributed by atoms with van der Waals surface area (Å²) in [5.74, 6) is -0.272. The molecule has 1 aromatic carbocycles. The Hall–Kier alpha value is -0.930. The molecule has 1 rings (SSSR count).